The highest BCUT2D eigenvalue weighted by atomic mass is 16.2. The van der Waals surface area contributed by atoms with E-state index in [2.05, 4.69) is 25.4 Å². The van der Waals surface area contributed by atoms with Crippen LogP contribution in [0.4, 0.5) is 11.6 Å². The van der Waals surface area contributed by atoms with Crippen LogP contribution in [0, 0.1) is 12.8 Å². The SMILES string of the molecule is Cc1cc(C(=O)N(C)C)ncc1-c1cc2cc(NC(=O)C3CC3c3cnn(C)c3)ncc2c(N)n1. The number of carbonyl (C=O) groups is 2. The van der Waals surface area contributed by atoms with Gasteiger partial charge in [0.15, 0.2) is 0 Å². The average molecular weight is 471 g/mol. The summed E-state index contributed by atoms with van der Waals surface area (Å²) in [6.45, 7) is 1.90. The lowest BCUT2D eigenvalue weighted by atomic mass is 10.0. The molecule has 0 radical (unpaired) electrons. The quantitative estimate of drug-likeness (QED) is 0.458. The lowest BCUT2D eigenvalue weighted by Gasteiger charge is -2.13. The lowest BCUT2D eigenvalue weighted by Crippen LogP contribution is -2.22. The molecule has 10 heteroatoms. The van der Waals surface area contributed by atoms with Crippen molar-refractivity contribution in [3.05, 3.63) is 59.8 Å². The van der Waals surface area contributed by atoms with Crippen LogP contribution >= 0.6 is 0 Å². The smallest absolute Gasteiger partial charge is 0.271 e. The number of hydrogen-bond donors (Lipinski definition) is 2. The van der Waals surface area contributed by atoms with Crippen LogP contribution in [-0.4, -0.2) is 55.5 Å². The minimum absolute atomic E-state index is 0.0610. The largest absolute Gasteiger partial charge is 0.383 e. The molecule has 1 fully saturated rings. The molecule has 10 nitrogen and oxygen atoms in total. The van der Waals surface area contributed by atoms with Crippen LogP contribution in [0.5, 0.6) is 0 Å². The first-order chi connectivity index (χ1) is 16.7. The normalized spacial score (nSPS) is 16.8. The highest BCUT2D eigenvalue weighted by Crippen LogP contribution is 2.47. The number of nitrogen functional groups attached to an aromatic ring is 1. The van der Waals surface area contributed by atoms with Crippen molar-refractivity contribution >= 4 is 34.2 Å². The van der Waals surface area contributed by atoms with Crippen LogP contribution in [0.3, 0.4) is 0 Å². The van der Waals surface area contributed by atoms with Gasteiger partial charge in [0.05, 0.1) is 11.9 Å². The number of anilines is 2. The third-order valence-electron chi connectivity index (χ3n) is 6.29. The van der Waals surface area contributed by atoms with E-state index in [1.165, 1.54) is 4.90 Å². The molecule has 3 N–H and O–H groups in total. The summed E-state index contributed by atoms with van der Waals surface area (Å²) in [5.41, 5.74) is 9.93. The zero-order valence-electron chi connectivity index (χ0n) is 20.0. The van der Waals surface area contributed by atoms with Gasteiger partial charge in [0, 0.05) is 56.6 Å². The van der Waals surface area contributed by atoms with Crippen molar-refractivity contribution < 1.29 is 9.59 Å². The number of pyridine rings is 3. The molecule has 178 valence electrons. The number of rotatable bonds is 5. The average Bonchev–Trinajstić information content (AvgIpc) is 3.51. The molecule has 1 aliphatic carbocycles. The van der Waals surface area contributed by atoms with Crippen molar-refractivity contribution in [3.8, 4) is 11.3 Å². The maximum absolute atomic E-state index is 12.8. The van der Waals surface area contributed by atoms with E-state index in [-0.39, 0.29) is 23.7 Å². The van der Waals surface area contributed by atoms with Gasteiger partial charge in [-0.1, -0.05) is 0 Å². The number of nitrogens with two attached hydrogens (primary N) is 1. The molecule has 0 bridgehead atoms. The van der Waals surface area contributed by atoms with E-state index in [9.17, 15) is 9.59 Å². The molecule has 2 amide bonds. The van der Waals surface area contributed by atoms with Gasteiger partial charge in [-0.25, -0.2) is 9.97 Å². The summed E-state index contributed by atoms with van der Waals surface area (Å²) in [7, 11) is 5.24. The predicted octanol–water partition coefficient (Wildman–Crippen LogP) is 2.76. The van der Waals surface area contributed by atoms with E-state index in [1.54, 1.807) is 43.3 Å². The second kappa shape index (κ2) is 8.46. The Labute approximate surface area is 202 Å². The lowest BCUT2D eigenvalue weighted by molar-refractivity contribution is -0.117. The number of carbonyl (C=O) groups excluding carboxylic acids is 2. The Balaban J connectivity index is 1.40. The molecular formula is C25H26N8O2. The molecule has 4 aromatic rings. The second-order valence-electron chi connectivity index (χ2n) is 9.15. The van der Waals surface area contributed by atoms with Crippen molar-refractivity contribution in [2.75, 3.05) is 25.1 Å². The zero-order chi connectivity index (χ0) is 24.9. The molecule has 2 atom stereocenters. The van der Waals surface area contributed by atoms with Crippen LogP contribution in [-0.2, 0) is 11.8 Å². The summed E-state index contributed by atoms with van der Waals surface area (Å²) in [6.07, 6.45) is 7.80. The van der Waals surface area contributed by atoms with Crippen LogP contribution in [0.25, 0.3) is 22.0 Å². The molecule has 5 rings (SSSR count). The van der Waals surface area contributed by atoms with E-state index < -0.39 is 0 Å². The molecule has 4 heterocycles. The Kier molecular flexibility index (Phi) is 5.43. The number of fused-ring (bicyclic) bond motifs is 1. The molecule has 0 aliphatic heterocycles. The van der Waals surface area contributed by atoms with E-state index in [4.69, 9.17) is 5.73 Å². The molecule has 1 aliphatic rings. The minimum atomic E-state index is -0.168. The van der Waals surface area contributed by atoms with Crippen LogP contribution in [0.2, 0.25) is 0 Å². The maximum atomic E-state index is 12.8. The van der Waals surface area contributed by atoms with E-state index >= 15 is 0 Å². The minimum Gasteiger partial charge on any atom is -0.383 e. The summed E-state index contributed by atoms with van der Waals surface area (Å²) < 4.78 is 1.74. The highest BCUT2D eigenvalue weighted by molar-refractivity contribution is 5.99. The number of amides is 2. The number of hydrogen-bond acceptors (Lipinski definition) is 7. The third kappa shape index (κ3) is 4.30. The summed E-state index contributed by atoms with van der Waals surface area (Å²) in [5, 5.41) is 8.61. The summed E-state index contributed by atoms with van der Waals surface area (Å²) in [4.78, 5) is 39.7. The number of aryl methyl sites for hydroxylation is 2. The van der Waals surface area contributed by atoms with Gasteiger partial charge in [0.25, 0.3) is 5.91 Å². The number of nitrogens with zero attached hydrogens (tertiary/aromatic N) is 6. The Morgan fingerprint density at radius 2 is 1.94 bits per heavy atom. The second-order valence-corrected chi connectivity index (χ2v) is 9.15. The van der Waals surface area contributed by atoms with Crippen LogP contribution in [0.15, 0.2) is 43.0 Å². The highest BCUT2D eigenvalue weighted by Gasteiger charge is 2.44. The Bertz CT molecular complexity index is 1480. The van der Waals surface area contributed by atoms with Crippen molar-refractivity contribution in [2.45, 2.75) is 19.3 Å². The Morgan fingerprint density at radius 3 is 2.63 bits per heavy atom. The van der Waals surface area contributed by atoms with Gasteiger partial charge in [-0.2, -0.15) is 5.10 Å². The van der Waals surface area contributed by atoms with Gasteiger partial charge >= 0.3 is 0 Å². The molecule has 4 aromatic heterocycles. The van der Waals surface area contributed by atoms with Crippen molar-refractivity contribution in [1.29, 1.82) is 0 Å². The van der Waals surface area contributed by atoms with Gasteiger partial charge in [-0.05, 0) is 54.0 Å². The molecule has 0 aromatic carbocycles. The summed E-state index contributed by atoms with van der Waals surface area (Å²) in [6, 6.07) is 5.42. The summed E-state index contributed by atoms with van der Waals surface area (Å²) in [5.74, 6) is 0.653. The maximum Gasteiger partial charge on any atom is 0.271 e. The Hall–Kier alpha value is -4.34. The van der Waals surface area contributed by atoms with Gasteiger partial charge in [0.2, 0.25) is 5.91 Å². The van der Waals surface area contributed by atoms with Crippen LogP contribution in [0.1, 0.15) is 34.0 Å². The van der Waals surface area contributed by atoms with Gasteiger partial charge in [-0.15, -0.1) is 0 Å². The molecular weight excluding hydrogens is 444 g/mol. The van der Waals surface area contributed by atoms with Crippen molar-refractivity contribution in [1.82, 2.24) is 29.6 Å². The summed E-state index contributed by atoms with van der Waals surface area (Å²) >= 11 is 0. The van der Waals surface area contributed by atoms with Gasteiger partial charge < -0.3 is 16.0 Å². The Morgan fingerprint density at radius 1 is 1.14 bits per heavy atom. The first kappa shape index (κ1) is 22.5. The van der Waals surface area contributed by atoms with E-state index in [0.717, 1.165) is 28.5 Å². The zero-order valence-corrected chi connectivity index (χ0v) is 20.0. The first-order valence-electron chi connectivity index (χ1n) is 11.3. The monoisotopic (exact) mass is 470 g/mol. The molecule has 1 saturated carbocycles. The van der Waals surface area contributed by atoms with Gasteiger partial charge in [-0.3, -0.25) is 19.3 Å². The number of nitrogens with one attached hydrogen (secondary N) is 1. The topological polar surface area (TPSA) is 132 Å². The predicted molar refractivity (Wildman–Crippen MR) is 133 cm³/mol. The van der Waals surface area contributed by atoms with E-state index in [1.807, 2.05) is 32.4 Å². The molecule has 35 heavy (non-hydrogen) atoms. The van der Waals surface area contributed by atoms with Gasteiger partial charge in [0.1, 0.15) is 17.3 Å². The molecule has 0 saturated heterocycles. The molecule has 2 unspecified atom stereocenters. The fourth-order valence-electron chi connectivity index (χ4n) is 4.25. The van der Waals surface area contributed by atoms with Crippen molar-refractivity contribution in [3.63, 3.8) is 0 Å². The fourth-order valence-corrected chi connectivity index (χ4v) is 4.25. The van der Waals surface area contributed by atoms with Crippen LogP contribution < -0.4 is 11.1 Å². The number of aromatic nitrogens is 5. The third-order valence-corrected chi connectivity index (χ3v) is 6.29. The molecule has 0 spiro atoms. The fraction of sp³-hybridized carbons (Fsp3) is 0.280. The van der Waals surface area contributed by atoms with Crippen molar-refractivity contribution in [2.24, 2.45) is 13.0 Å². The first-order valence-corrected chi connectivity index (χ1v) is 11.3. The standard InChI is InChI=1S/C25H26N8O2/c1-13-5-21(25(35)32(2)3)27-10-18(13)20-6-14-7-22(28-11-19(14)23(26)30-20)31-24(34)17-8-16(17)15-9-29-33(4)12-15/h5-7,9-12,16-17H,8H2,1-4H3,(H2,26,30)(H,28,31,34). The van der Waals surface area contributed by atoms with E-state index in [0.29, 0.717) is 28.4 Å².